The lowest BCUT2D eigenvalue weighted by Gasteiger charge is -2.29. The number of carbonyl (C=O) groups excluding carboxylic acids is 1. The molecule has 2 unspecified atom stereocenters. The fraction of sp³-hybridized carbons (Fsp3) is 0.350. The Bertz CT molecular complexity index is 732. The third-order valence-electron chi connectivity index (χ3n) is 4.48. The van der Waals surface area contributed by atoms with E-state index >= 15 is 0 Å². The molecule has 2 aromatic rings. The lowest BCUT2D eigenvalue weighted by molar-refractivity contribution is 0.0926. The highest BCUT2D eigenvalue weighted by molar-refractivity contribution is 6.00. The van der Waals surface area contributed by atoms with Crippen LogP contribution < -0.4 is 20.7 Å². The Kier molecular flexibility index (Phi) is 5.56. The minimum Gasteiger partial charge on any atom is -0.497 e. The smallest absolute Gasteiger partial charge is 0.253 e. The average molecular weight is 339 g/mol. The second-order valence-corrected chi connectivity index (χ2v) is 6.45. The summed E-state index contributed by atoms with van der Waals surface area (Å²) in [7, 11) is 1.64. The van der Waals surface area contributed by atoms with Gasteiger partial charge in [0.05, 0.1) is 18.4 Å². The number of benzene rings is 2. The molecule has 1 saturated heterocycles. The third kappa shape index (κ3) is 4.51. The fourth-order valence-electron chi connectivity index (χ4n) is 3.17. The first-order chi connectivity index (χ1) is 12.2. The molecule has 5 nitrogen and oxygen atoms in total. The molecule has 0 bridgehead atoms. The summed E-state index contributed by atoms with van der Waals surface area (Å²) in [5, 5.41) is 9.90. The van der Waals surface area contributed by atoms with E-state index < -0.39 is 0 Å². The van der Waals surface area contributed by atoms with Crippen LogP contribution in [-0.2, 0) is 0 Å². The van der Waals surface area contributed by atoms with Crippen LogP contribution in [0.5, 0.6) is 5.75 Å². The van der Waals surface area contributed by atoms with Crippen LogP contribution in [0.25, 0.3) is 0 Å². The van der Waals surface area contributed by atoms with Crippen LogP contribution in [0.15, 0.2) is 48.5 Å². The maximum atomic E-state index is 12.8. The van der Waals surface area contributed by atoms with Crippen molar-refractivity contribution in [1.82, 2.24) is 10.6 Å². The number of amides is 1. The first-order valence-electron chi connectivity index (χ1n) is 8.70. The number of ether oxygens (including phenoxy) is 1. The zero-order valence-corrected chi connectivity index (χ0v) is 14.7. The molecule has 2 aromatic carbocycles. The molecule has 132 valence electrons. The van der Waals surface area contributed by atoms with Crippen LogP contribution in [0, 0.1) is 0 Å². The van der Waals surface area contributed by atoms with Crippen molar-refractivity contribution in [3.63, 3.8) is 0 Å². The lowest BCUT2D eigenvalue weighted by Crippen LogP contribution is -2.46. The van der Waals surface area contributed by atoms with Crippen LogP contribution in [0.3, 0.4) is 0 Å². The monoisotopic (exact) mass is 339 g/mol. The summed E-state index contributed by atoms with van der Waals surface area (Å²) < 4.78 is 5.26. The zero-order valence-electron chi connectivity index (χ0n) is 14.7. The van der Waals surface area contributed by atoms with E-state index in [1.807, 2.05) is 48.5 Å². The number of para-hydroxylation sites is 1. The van der Waals surface area contributed by atoms with E-state index in [0.717, 1.165) is 36.5 Å². The molecular weight excluding hydrogens is 314 g/mol. The normalized spacial score (nSPS) is 19.9. The zero-order chi connectivity index (χ0) is 17.6. The Hall–Kier alpha value is -2.53. The first-order valence-corrected chi connectivity index (χ1v) is 8.70. The molecule has 2 atom stereocenters. The number of hydrogen-bond donors (Lipinski definition) is 3. The van der Waals surface area contributed by atoms with Crippen molar-refractivity contribution >= 4 is 17.3 Å². The van der Waals surface area contributed by atoms with Gasteiger partial charge in [0.15, 0.2) is 0 Å². The summed E-state index contributed by atoms with van der Waals surface area (Å²) >= 11 is 0. The van der Waals surface area contributed by atoms with Gasteiger partial charge in [-0.1, -0.05) is 18.2 Å². The van der Waals surface area contributed by atoms with Crippen LogP contribution in [0.4, 0.5) is 11.4 Å². The number of rotatable bonds is 5. The van der Waals surface area contributed by atoms with Crippen LogP contribution in [0.1, 0.15) is 30.1 Å². The van der Waals surface area contributed by atoms with Gasteiger partial charge in [-0.05, 0) is 50.6 Å². The SMILES string of the molecule is COc1cccc(Nc2ccccc2C(=O)NC2CCNC(C)C2)c1. The van der Waals surface area contributed by atoms with E-state index in [-0.39, 0.29) is 11.9 Å². The highest BCUT2D eigenvalue weighted by Crippen LogP contribution is 2.24. The summed E-state index contributed by atoms with van der Waals surface area (Å²) in [6.07, 6.45) is 1.92. The third-order valence-corrected chi connectivity index (χ3v) is 4.48. The van der Waals surface area contributed by atoms with Gasteiger partial charge in [-0.25, -0.2) is 0 Å². The van der Waals surface area contributed by atoms with E-state index in [2.05, 4.69) is 22.9 Å². The Morgan fingerprint density at radius 1 is 1.20 bits per heavy atom. The van der Waals surface area contributed by atoms with Gasteiger partial charge in [-0.3, -0.25) is 4.79 Å². The average Bonchev–Trinajstić information content (AvgIpc) is 2.62. The van der Waals surface area contributed by atoms with Crippen molar-refractivity contribution in [2.75, 3.05) is 19.0 Å². The molecular formula is C20H25N3O2. The highest BCUT2D eigenvalue weighted by atomic mass is 16.5. The van der Waals surface area contributed by atoms with E-state index in [4.69, 9.17) is 4.74 Å². The number of anilines is 2. The molecule has 3 rings (SSSR count). The second-order valence-electron chi connectivity index (χ2n) is 6.45. The number of nitrogens with one attached hydrogen (secondary N) is 3. The molecule has 25 heavy (non-hydrogen) atoms. The second kappa shape index (κ2) is 8.03. The largest absolute Gasteiger partial charge is 0.497 e. The first kappa shape index (κ1) is 17.3. The van der Waals surface area contributed by atoms with E-state index in [9.17, 15) is 4.79 Å². The Labute approximate surface area is 148 Å². The number of piperidine rings is 1. The van der Waals surface area contributed by atoms with E-state index in [0.29, 0.717) is 11.6 Å². The van der Waals surface area contributed by atoms with Gasteiger partial charge in [0.2, 0.25) is 0 Å². The van der Waals surface area contributed by atoms with Gasteiger partial charge < -0.3 is 20.7 Å². The van der Waals surface area contributed by atoms with Gasteiger partial charge in [-0.2, -0.15) is 0 Å². The van der Waals surface area contributed by atoms with Gasteiger partial charge >= 0.3 is 0 Å². The van der Waals surface area contributed by atoms with Crippen LogP contribution in [-0.4, -0.2) is 31.6 Å². The summed E-state index contributed by atoms with van der Waals surface area (Å²) in [6, 6.07) is 15.9. The number of hydrogen-bond acceptors (Lipinski definition) is 4. The predicted molar refractivity (Wildman–Crippen MR) is 101 cm³/mol. The maximum absolute atomic E-state index is 12.8. The van der Waals surface area contributed by atoms with Crippen molar-refractivity contribution in [3.05, 3.63) is 54.1 Å². The highest BCUT2D eigenvalue weighted by Gasteiger charge is 2.21. The Balaban J connectivity index is 1.74. The van der Waals surface area contributed by atoms with Crippen molar-refractivity contribution in [2.24, 2.45) is 0 Å². The van der Waals surface area contributed by atoms with Crippen LogP contribution >= 0.6 is 0 Å². The quantitative estimate of drug-likeness (QED) is 0.782. The van der Waals surface area contributed by atoms with E-state index in [1.54, 1.807) is 7.11 Å². The molecule has 1 amide bonds. The van der Waals surface area contributed by atoms with Crippen molar-refractivity contribution in [3.8, 4) is 5.75 Å². The molecule has 1 heterocycles. The van der Waals surface area contributed by atoms with E-state index in [1.165, 1.54) is 0 Å². The summed E-state index contributed by atoms with van der Waals surface area (Å²) in [6.45, 7) is 3.09. The predicted octanol–water partition coefficient (Wildman–Crippen LogP) is 3.31. The molecule has 0 radical (unpaired) electrons. The molecule has 0 spiro atoms. The Morgan fingerprint density at radius 3 is 2.84 bits per heavy atom. The fourth-order valence-corrected chi connectivity index (χ4v) is 3.17. The summed E-state index contributed by atoms with van der Waals surface area (Å²) in [5.41, 5.74) is 2.32. The topological polar surface area (TPSA) is 62.4 Å². The summed E-state index contributed by atoms with van der Waals surface area (Å²) in [4.78, 5) is 12.8. The number of carbonyl (C=O) groups is 1. The number of methoxy groups -OCH3 is 1. The van der Waals surface area contributed by atoms with Gasteiger partial charge in [0.1, 0.15) is 5.75 Å². The van der Waals surface area contributed by atoms with Gasteiger partial charge in [-0.15, -0.1) is 0 Å². The standard InChI is InChI=1S/C20H25N3O2/c1-14-12-16(10-11-21-14)23-20(24)18-8-3-4-9-19(18)22-15-6-5-7-17(13-15)25-2/h3-9,13-14,16,21-22H,10-12H2,1-2H3,(H,23,24). The van der Waals surface area contributed by atoms with Gasteiger partial charge in [0.25, 0.3) is 5.91 Å². The summed E-state index contributed by atoms with van der Waals surface area (Å²) in [5.74, 6) is 0.737. The molecule has 1 aliphatic rings. The van der Waals surface area contributed by atoms with Gasteiger partial charge in [0, 0.05) is 23.8 Å². The lowest BCUT2D eigenvalue weighted by atomic mass is 10.00. The molecule has 5 heteroatoms. The molecule has 0 saturated carbocycles. The minimum atomic E-state index is -0.0369. The minimum absolute atomic E-state index is 0.0369. The molecule has 3 N–H and O–H groups in total. The van der Waals surface area contributed by atoms with Crippen molar-refractivity contribution in [1.29, 1.82) is 0 Å². The molecule has 0 aliphatic carbocycles. The molecule has 1 aliphatic heterocycles. The Morgan fingerprint density at radius 2 is 2.04 bits per heavy atom. The molecule has 1 fully saturated rings. The van der Waals surface area contributed by atoms with Crippen molar-refractivity contribution < 1.29 is 9.53 Å². The van der Waals surface area contributed by atoms with Crippen molar-refractivity contribution in [2.45, 2.75) is 31.8 Å². The van der Waals surface area contributed by atoms with Crippen LogP contribution in [0.2, 0.25) is 0 Å². The molecule has 0 aromatic heterocycles. The maximum Gasteiger partial charge on any atom is 0.253 e.